The summed E-state index contributed by atoms with van der Waals surface area (Å²) in [7, 11) is 0. The minimum atomic E-state index is -1.05. The van der Waals surface area contributed by atoms with Crippen molar-refractivity contribution in [1.82, 2.24) is 0 Å². The van der Waals surface area contributed by atoms with E-state index in [1.54, 1.807) is 0 Å². The van der Waals surface area contributed by atoms with E-state index in [-0.39, 0.29) is 6.61 Å². The van der Waals surface area contributed by atoms with Crippen LogP contribution in [-0.4, -0.2) is 31.1 Å². The van der Waals surface area contributed by atoms with Gasteiger partial charge in [-0.15, -0.1) is 0 Å². The van der Waals surface area contributed by atoms with Crippen LogP contribution in [0.15, 0.2) is 0 Å². The lowest BCUT2D eigenvalue weighted by molar-refractivity contribution is 0.0349. The van der Waals surface area contributed by atoms with Crippen molar-refractivity contribution in [3.05, 3.63) is 0 Å². The van der Waals surface area contributed by atoms with E-state index in [1.165, 1.54) is 0 Å². The molecule has 0 aromatic heterocycles. The number of aliphatic hydroxyl groups is 1. The van der Waals surface area contributed by atoms with Crippen LogP contribution in [0.3, 0.4) is 0 Å². The first-order chi connectivity index (χ1) is 5.33. The van der Waals surface area contributed by atoms with Crippen LogP contribution in [0.1, 0.15) is 19.3 Å². The average molecular weight is 162 g/mol. The molecule has 0 radical (unpaired) electrons. The smallest absolute Gasteiger partial charge is 0.123 e. The van der Waals surface area contributed by atoms with E-state index < -0.39 is 6.17 Å². The first-order valence-corrected chi connectivity index (χ1v) is 4.15. The molecule has 66 valence electrons. The van der Waals surface area contributed by atoms with Gasteiger partial charge in [-0.1, -0.05) is 0 Å². The summed E-state index contributed by atoms with van der Waals surface area (Å²) in [6, 6.07) is 0. The van der Waals surface area contributed by atoms with Crippen molar-refractivity contribution < 1.29 is 14.2 Å². The molecule has 1 heterocycles. The third kappa shape index (κ3) is 3.16. The monoisotopic (exact) mass is 162 g/mol. The van der Waals surface area contributed by atoms with Gasteiger partial charge in [0.05, 0.1) is 6.61 Å². The summed E-state index contributed by atoms with van der Waals surface area (Å²) in [6.45, 7) is 1.13. The molecule has 1 N–H and O–H groups in total. The minimum Gasteiger partial charge on any atom is -0.393 e. The first-order valence-electron chi connectivity index (χ1n) is 4.15. The zero-order chi connectivity index (χ0) is 8.10. The van der Waals surface area contributed by atoms with Crippen LogP contribution >= 0.6 is 0 Å². The first kappa shape index (κ1) is 8.94. The average Bonchev–Trinajstić information content (AvgIpc) is 2.06. The van der Waals surface area contributed by atoms with Gasteiger partial charge in [-0.3, -0.25) is 0 Å². The number of rotatable bonds is 3. The van der Waals surface area contributed by atoms with E-state index in [0.29, 0.717) is 18.9 Å². The molecule has 0 spiro atoms. The fraction of sp³-hybridized carbons (Fsp3) is 1.00. The van der Waals surface area contributed by atoms with E-state index in [0.717, 1.165) is 19.4 Å². The Labute approximate surface area is 66.4 Å². The fourth-order valence-corrected chi connectivity index (χ4v) is 1.43. The van der Waals surface area contributed by atoms with E-state index in [4.69, 9.17) is 9.84 Å². The van der Waals surface area contributed by atoms with Gasteiger partial charge in [0.2, 0.25) is 0 Å². The summed E-state index contributed by atoms with van der Waals surface area (Å²) < 4.78 is 17.8. The van der Waals surface area contributed by atoms with Crippen molar-refractivity contribution in [3.8, 4) is 0 Å². The molecule has 11 heavy (non-hydrogen) atoms. The van der Waals surface area contributed by atoms with Gasteiger partial charge in [-0.25, -0.2) is 4.39 Å². The minimum absolute atomic E-state index is 0.325. The largest absolute Gasteiger partial charge is 0.393 e. The Morgan fingerprint density at radius 2 is 2.45 bits per heavy atom. The standard InChI is InChI=1S/C8H15FO2/c9-8(5-10)4-7-2-1-3-11-6-7/h7-8,10H,1-6H2/t7-,8-/m0/s1. The van der Waals surface area contributed by atoms with E-state index >= 15 is 0 Å². The van der Waals surface area contributed by atoms with Crippen molar-refractivity contribution in [2.24, 2.45) is 5.92 Å². The lowest BCUT2D eigenvalue weighted by atomic mass is 9.96. The Morgan fingerprint density at radius 3 is 3.00 bits per heavy atom. The predicted octanol–water partition coefficient (Wildman–Crippen LogP) is 1.13. The predicted molar refractivity (Wildman–Crippen MR) is 40.1 cm³/mol. The molecular weight excluding hydrogens is 147 g/mol. The number of hydrogen-bond donors (Lipinski definition) is 1. The molecule has 1 aliphatic rings. The second kappa shape index (κ2) is 4.67. The Morgan fingerprint density at radius 1 is 1.64 bits per heavy atom. The second-order valence-electron chi connectivity index (χ2n) is 3.10. The molecule has 0 aromatic rings. The molecule has 1 fully saturated rings. The van der Waals surface area contributed by atoms with Crippen LogP contribution in [-0.2, 0) is 4.74 Å². The van der Waals surface area contributed by atoms with E-state index in [9.17, 15) is 4.39 Å². The van der Waals surface area contributed by atoms with Crippen molar-refractivity contribution in [1.29, 1.82) is 0 Å². The zero-order valence-corrected chi connectivity index (χ0v) is 6.63. The second-order valence-corrected chi connectivity index (χ2v) is 3.10. The number of halogens is 1. The highest BCUT2D eigenvalue weighted by molar-refractivity contribution is 4.67. The summed E-state index contributed by atoms with van der Waals surface area (Å²) in [6.07, 6.45) is 1.47. The van der Waals surface area contributed by atoms with Crippen molar-refractivity contribution in [3.63, 3.8) is 0 Å². The third-order valence-corrected chi connectivity index (χ3v) is 2.04. The number of hydrogen-bond acceptors (Lipinski definition) is 2. The number of ether oxygens (including phenoxy) is 1. The van der Waals surface area contributed by atoms with Crippen LogP contribution in [0.2, 0.25) is 0 Å². The summed E-state index contributed by atoms with van der Waals surface area (Å²) >= 11 is 0. The topological polar surface area (TPSA) is 29.5 Å². The number of alkyl halides is 1. The summed E-state index contributed by atoms with van der Waals surface area (Å²) in [5, 5.41) is 8.45. The molecule has 0 unspecified atom stereocenters. The maximum absolute atomic E-state index is 12.6. The van der Waals surface area contributed by atoms with Gasteiger partial charge in [-0.05, 0) is 25.2 Å². The Bertz CT molecular complexity index is 102. The van der Waals surface area contributed by atoms with Gasteiger partial charge < -0.3 is 9.84 Å². The molecule has 0 saturated carbocycles. The van der Waals surface area contributed by atoms with Crippen molar-refractivity contribution >= 4 is 0 Å². The lowest BCUT2D eigenvalue weighted by Crippen LogP contribution is -2.22. The third-order valence-electron chi connectivity index (χ3n) is 2.04. The quantitative estimate of drug-likeness (QED) is 0.674. The van der Waals surface area contributed by atoms with E-state index in [2.05, 4.69) is 0 Å². The van der Waals surface area contributed by atoms with Crippen LogP contribution in [0.4, 0.5) is 4.39 Å². The molecule has 2 nitrogen and oxygen atoms in total. The van der Waals surface area contributed by atoms with Gasteiger partial charge in [0.1, 0.15) is 6.17 Å². The molecule has 3 heteroatoms. The summed E-state index contributed by atoms with van der Waals surface area (Å²) in [5.74, 6) is 0.325. The van der Waals surface area contributed by atoms with Crippen LogP contribution in [0.25, 0.3) is 0 Å². The molecule has 0 aromatic carbocycles. The van der Waals surface area contributed by atoms with Crippen molar-refractivity contribution in [2.45, 2.75) is 25.4 Å². The summed E-state index contributed by atoms with van der Waals surface area (Å²) in [5.41, 5.74) is 0. The van der Waals surface area contributed by atoms with Crippen LogP contribution in [0, 0.1) is 5.92 Å². The van der Waals surface area contributed by atoms with Gasteiger partial charge in [0, 0.05) is 13.2 Å². The van der Waals surface area contributed by atoms with Crippen molar-refractivity contribution in [2.75, 3.05) is 19.8 Å². The highest BCUT2D eigenvalue weighted by atomic mass is 19.1. The highest BCUT2D eigenvalue weighted by Gasteiger charge is 2.18. The Hall–Kier alpha value is -0.150. The number of aliphatic hydroxyl groups excluding tert-OH is 1. The molecule has 0 bridgehead atoms. The lowest BCUT2D eigenvalue weighted by Gasteiger charge is -2.22. The highest BCUT2D eigenvalue weighted by Crippen LogP contribution is 2.19. The molecule has 1 saturated heterocycles. The van der Waals surface area contributed by atoms with Crippen LogP contribution < -0.4 is 0 Å². The van der Waals surface area contributed by atoms with Gasteiger partial charge in [-0.2, -0.15) is 0 Å². The maximum Gasteiger partial charge on any atom is 0.123 e. The SMILES string of the molecule is OC[C@@H](F)C[C@@H]1CCCOC1. The molecular formula is C8H15FO2. The Kier molecular flexibility index (Phi) is 3.80. The Balaban J connectivity index is 2.13. The zero-order valence-electron chi connectivity index (χ0n) is 6.63. The van der Waals surface area contributed by atoms with Crippen LogP contribution in [0.5, 0.6) is 0 Å². The molecule has 0 aliphatic carbocycles. The van der Waals surface area contributed by atoms with Gasteiger partial charge >= 0.3 is 0 Å². The summed E-state index contributed by atoms with van der Waals surface area (Å²) in [4.78, 5) is 0. The molecule has 1 rings (SSSR count). The normalized spacial score (nSPS) is 28.4. The molecule has 1 aliphatic heterocycles. The van der Waals surface area contributed by atoms with E-state index in [1.807, 2.05) is 0 Å². The maximum atomic E-state index is 12.6. The molecule has 0 amide bonds. The molecule has 2 atom stereocenters. The van der Waals surface area contributed by atoms with Gasteiger partial charge in [0.15, 0.2) is 0 Å². The fourth-order valence-electron chi connectivity index (χ4n) is 1.43. The van der Waals surface area contributed by atoms with Gasteiger partial charge in [0.25, 0.3) is 0 Å².